The summed E-state index contributed by atoms with van der Waals surface area (Å²) in [5.74, 6) is 0.281. The molecule has 0 unspecified atom stereocenters. The number of benzene rings is 1. The second kappa shape index (κ2) is 7.25. The van der Waals surface area contributed by atoms with Gasteiger partial charge in [-0.25, -0.2) is 9.50 Å². The Morgan fingerprint density at radius 3 is 2.73 bits per heavy atom. The molecule has 4 aromatic rings. The first-order valence-electron chi connectivity index (χ1n) is 9.55. The van der Waals surface area contributed by atoms with Crippen molar-refractivity contribution in [3.05, 3.63) is 59.4 Å². The number of rotatable bonds is 4. The van der Waals surface area contributed by atoms with Gasteiger partial charge in [0.05, 0.1) is 11.2 Å². The summed E-state index contributed by atoms with van der Waals surface area (Å²) in [6, 6.07) is 9.76. The molecular formula is C21H23N7O2. The van der Waals surface area contributed by atoms with Gasteiger partial charge in [0.1, 0.15) is 0 Å². The van der Waals surface area contributed by atoms with Crippen molar-refractivity contribution in [2.24, 2.45) is 0 Å². The summed E-state index contributed by atoms with van der Waals surface area (Å²) in [5.41, 5.74) is 10.1. The van der Waals surface area contributed by atoms with E-state index in [2.05, 4.69) is 25.5 Å². The Morgan fingerprint density at radius 2 is 2.03 bits per heavy atom. The molecule has 0 spiro atoms. The average molecular weight is 405 g/mol. The number of hydrogen-bond acceptors (Lipinski definition) is 7. The van der Waals surface area contributed by atoms with E-state index < -0.39 is 0 Å². The van der Waals surface area contributed by atoms with Crippen molar-refractivity contribution < 1.29 is 9.32 Å². The summed E-state index contributed by atoms with van der Waals surface area (Å²) in [6.07, 6.45) is 1.83. The van der Waals surface area contributed by atoms with E-state index in [9.17, 15) is 4.79 Å². The molecule has 0 saturated carbocycles. The number of nitrogens with one attached hydrogen (secondary N) is 1. The summed E-state index contributed by atoms with van der Waals surface area (Å²) in [4.78, 5) is 21.0. The number of hydrogen-bond donors (Lipinski definition) is 2. The largest absolute Gasteiger partial charge is 0.367 e. The molecule has 0 aliphatic rings. The first-order valence-corrected chi connectivity index (χ1v) is 9.55. The van der Waals surface area contributed by atoms with Crippen LogP contribution in [0.4, 0.5) is 5.95 Å². The third-order valence-corrected chi connectivity index (χ3v) is 4.73. The number of aromatic nitrogens is 5. The van der Waals surface area contributed by atoms with Crippen molar-refractivity contribution in [3.8, 4) is 11.3 Å². The maximum Gasteiger partial charge on any atom is 0.292 e. The van der Waals surface area contributed by atoms with Gasteiger partial charge in [-0.05, 0) is 36.2 Å². The maximum atomic E-state index is 12.4. The van der Waals surface area contributed by atoms with Gasteiger partial charge in [0.2, 0.25) is 11.8 Å². The Labute approximate surface area is 173 Å². The molecule has 154 valence electrons. The molecule has 4 rings (SSSR count). The van der Waals surface area contributed by atoms with Gasteiger partial charge in [0, 0.05) is 23.7 Å². The lowest BCUT2D eigenvalue weighted by molar-refractivity contribution is 0.0937. The molecule has 0 aliphatic heterocycles. The molecule has 0 atom stereocenters. The van der Waals surface area contributed by atoms with Crippen LogP contribution in [0.2, 0.25) is 0 Å². The molecule has 30 heavy (non-hydrogen) atoms. The Bertz CT molecular complexity index is 1230. The minimum atomic E-state index is -0.379. The van der Waals surface area contributed by atoms with Crippen molar-refractivity contribution in [1.82, 2.24) is 30.1 Å². The smallest absolute Gasteiger partial charge is 0.292 e. The molecular weight excluding hydrogens is 382 g/mol. The molecule has 0 aliphatic carbocycles. The highest BCUT2D eigenvalue weighted by atomic mass is 16.5. The number of nitrogens with zero attached hydrogens (tertiary/aromatic N) is 5. The number of carbonyl (C=O) groups excluding carboxylic acids is 1. The number of anilines is 1. The zero-order chi connectivity index (χ0) is 21.5. The number of nitrogens with two attached hydrogens (primary N) is 1. The van der Waals surface area contributed by atoms with Crippen LogP contribution < -0.4 is 11.1 Å². The molecule has 3 heterocycles. The van der Waals surface area contributed by atoms with E-state index in [-0.39, 0.29) is 23.1 Å². The van der Waals surface area contributed by atoms with Crippen LogP contribution in [0.3, 0.4) is 0 Å². The van der Waals surface area contributed by atoms with Gasteiger partial charge in [-0.3, -0.25) is 4.79 Å². The number of amides is 1. The van der Waals surface area contributed by atoms with E-state index in [0.29, 0.717) is 12.4 Å². The lowest BCUT2D eigenvalue weighted by Gasteiger charge is -2.11. The Morgan fingerprint density at radius 1 is 1.23 bits per heavy atom. The Balaban J connectivity index is 1.52. The van der Waals surface area contributed by atoms with Gasteiger partial charge < -0.3 is 15.6 Å². The third-order valence-electron chi connectivity index (χ3n) is 4.73. The van der Waals surface area contributed by atoms with Crippen LogP contribution in [0.1, 0.15) is 48.4 Å². The molecule has 0 bridgehead atoms. The highest BCUT2D eigenvalue weighted by Gasteiger charge is 2.24. The predicted octanol–water partition coefficient (Wildman–Crippen LogP) is 2.90. The summed E-state index contributed by atoms with van der Waals surface area (Å²) >= 11 is 0. The third kappa shape index (κ3) is 3.73. The van der Waals surface area contributed by atoms with E-state index in [4.69, 9.17) is 10.3 Å². The Hall–Kier alpha value is -3.75. The van der Waals surface area contributed by atoms with Crippen LogP contribution in [0.15, 0.2) is 41.1 Å². The molecule has 0 radical (unpaired) electrons. The number of aryl methyl sites for hydroxylation is 1. The van der Waals surface area contributed by atoms with Crippen molar-refractivity contribution in [3.63, 3.8) is 0 Å². The fourth-order valence-corrected chi connectivity index (χ4v) is 3.08. The van der Waals surface area contributed by atoms with Crippen molar-refractivity contribution in [1.29, 1.82) is 0 Å². The quantitative estimate of drug-likeness (QED) is 0.535. The predicted molar refractivity (Wildman–Crippen MR) is 112 cm³/mol. The van der Waals surface area contributed by atoms with Crippen molar-refractivity contribution in [2.75, 3.05) is 5.73 Å². The van der Waals surface area contributed by atoms with Crippen LogP contribution in [-0.2, 0) is 12.0 Å². The van der Waals surface area contributed by atoms with Gasteiger partial charge in [-0.15, -0.1) is 5.10 Å². The molecule has 1 aromatic carbocycles. The van der Waals surface area contributed by atoms with Crippen molar-refractivity contribution >= 4 is 17.4 Å². The highest BCUT2D eigenvalue weighted by molar-refractivity contribution is 5.90. The zero-order valence-electron chi connectivity index (χ0n) is 17.3. The molecule has 9 heteroatoms. The fourth-order valence-electron chi connectivity index (χ4n) is 3.08. The van der Waals surface area contributed by atoms with E-state index in [0.717, 1.165) is 27.9 Å². The normalized spacial score (nSPS) is 11.7. The van der Waals surface area contributed by atoms with Gasteiger partial charge in [-0.2, -0.15) is 4.98 Å². The highest BCUT2D eigenvalue weighted by Crippen LogP contribution is 2.25. The molecule has 1 amide bonds. The second-order valence-corrected chi connectivity index (χ2v) is 8.15. The Kier molecular flexibility index (Phi) is 4.73. The second-order valence-electron chi connectivity index (χ2n) is 8.15. The van der Waals surface area contributed by atoms with Crippen LogP contribution in [0.25, 0.3) is 16.8 Å². The average Bonchev–Trinajstić information content (AvgIpc) is 3.35. The van der Waals surface area contributed by atoms with Crippen molar-refractivity contribution in [2.45, 2.75) is 39.7 Å². The van der Waals surface area contributed by atoms with Crippen LogP contribution >= 0.6 is 0 Å². The minimum Gasteiger partial charge on any atom is -0.367 e. The van der Waals surface area contributed by atoms with Gasteiger partial charge in [0.25, 0.3) is 11.7 Å². The molecule has 0 fully saturated rings. The molecule has 0 saturated heterocycles. The summed E-state index contributed by atoms with van der Waals surface area (Å²) in [6.45, 7) is 8.16. The van der Waals surface area contributed by atoms with Crippen LogP contribution in [0, 0.1) is 6.92 Å². The summed E-state index contributed by atoms with van der Waals surface area (Å²) in [5, 5.41) is 10.8. The van der Waals surface area contributed by atoms with E-state index >= 15 is 0 Å². The van der Waals surface area contributed by atoms with Gasteiger partial charge in [-0.1, -0.05) is 38.1 Å². The van der Waals surface area contributed by atoms with Gasteiger partial charge >= 0.3 is 0 Å². The number of nitrogen functional groups attached to an aromatic ring is 1. The monoisotopic (exact) mass is 405 g/mol. The van der Waals surface area contributed by atoms with Crippen LogP contribution in [0.5, 0.6) is 0 Å². The lowest BCUT2D eigenvalue weighted by atomic mass is 9.97. The zero-order valence-corrected chi connectivity index (χ0v) is 17.3. The van der Waals surface area contributed by atoms with Gasteiger partial charge in [0.15, 0.2) is 0 Å². The van der Waals surface area contributed by atoms with E-state index in [1.165, 1.54) is 0 Å². The fraction of sp³-hybridized carbons (Fsp3) is 0.286. The minimum absolute atomic E-state index is 0.0290. The SMILES string of the molecule is Cc1cc(-c2nc(N)nn3cccc23)ccc1CNC(=O)c1noc(C(C)(C)C)n1. The van der Waals surface area contributed by atoms with E-state index in [1.54, 1.807) is 4.52 Å². The summed E-state index contributed by atoms with van der Waals surface area (Å²) < 4.78 is 6.89. The number of carbonyl (C=O) groups is 1. The summed E-state index contributed by atoms with van der Waals surface area (Å²) in [7, 11) is 0. The van der Waals surface area contributed by atoms with E-state index in [1.807, 2.05) is 64.2 Å². The topological polar surface area (TPSA) is 124 Å². The molecule has 3 N–H and O–H groups in total. The first-order chi connectivity index (χ1) is 14.2. The number of fused-ring (bicyclic) bond motifs is 1. The standard InChI is InChI=1S/C21H23N7O2/c1-12-10-13(16-15-6-5-9-28(15)26-20(22)24-16)7-8-14(12)11-23-18(29)17-25-19(30-27-17)21(2,3)4/h5-10H,11H2,1-4H3,(H2,22,26)(H,23,29). The van der Waals surface area contributed by atoms with Crippen LogP contribution in [-0.4, -0.2) is 30.6 Å². The lowest BCUT2D eigenvalue weighted by Crippen LogP contribution is -2.24. The molecule has 9 nitrogen and oxygen atoms in total. The molecule has 3 aromatic heterocycles. The first kappa shape index (κ1) is 19.6. The maximum absolute atomic E-state index is 12.4.